The molecule has 0 saturated carbocycles. The van der Waals surface area contributed by atoms with Gasteiger partial charge < -0.3 is 20.1 Å². The molecule has 0 spiro atoms. The number of hydrogen-bond donors (Lipinski definition) is 2. The molecule has 1 aliphatic heterocycles. The molecule has 1 aromatic heterocycles. The predicted molar refractivity (Wildman–Crippen MR) is 108 cm³/mol. The summed E-state index contributed by atoms with van der Waals surface area (Å²) in [5.74, 6) is -0.233. The number of aromatic nitrogens is 2. The third-order valence-corrected chi connectivity index (χ3v) is 5.29. The van der Waals surface area contributed by atoms with Gasteiger partial charge in [-0.3, -0.25) is 9.59 Å². The summed E-state index contributed by atoms with van der Waals surface area (Å²) in [5, 5.41) is 5.68. The highest BCUT2D eigenvalue weighted by atomic mass is 16.2. The number of nitrogens with one attached hydrogen (secondary N) is 2. The molecule has 1 fully saturated rings. The van der Waals surface area contributed by atoms with E-state index in [4.69, 9.17) is 0 Å². The van der Waals surface area contributed by atoms with Gasteiger partial charge in [-0.1, -0.05) is 30.3 Å². The molecule has 7 heteroatoms. The number of hydrogen-bond acceptors (Lipinski definition) is 4. The van der Waals surface area contributed by atoms with Crippen molar-refractivity contribution in [2.45, 2.75) is 51.4 Å². The maximum absolute atomic E-state index is 12.9. The van der Waals surface area contributed by atoms with Crippen LogP contribution in [0.5, 0.6) is 0 Å². The topological polar surface area (TPSA) is 79.3 Å². The van der Waals surface area contributed by atoms with Crippen LogP contribution in [0.3, 0.4) is 0 Å². The van der Waals surface area contributed by atoms with E-state index in [0.717, 1.165) is 25.1 Å². The average Bonchev–Trinajstić information content (AvgIpc) is 3.36. The van der Waals surface area contributed by atoms with E-state index < -0.39 is 6.04 Å². The molecule has 1 aromatic carbocycles. The monoisotopic (exact) mass is 383 g/mol. The smallest absolute Gasteiger partial charge is 0.245 e. The molecule has 0 bridgehead atoms. The van der Waals surface area contributed by atoms with E-state index in [1.807, 2.05) is 40.2 Å². The number of likely N-dealkylation sites (tertiary alicyclic amines) is 1. The van der Waals surface area contributed by atoms with Crippen LogP contribution < -0.4 is 10.6 Å². The molecule has 1 aliphatic rings. The largest absolute Gasteiger partial charge is 0.343 e. The van der Waals surface area contributed by atoms with Crippen molar-refractivity contribution < 1.29 is 9.59 Å². The van der Waals surface area contributed by atoms with Gasteiger partial charge in [-0.2, -0.15) is 0 Å². The Labute approximate surface area is 166 Å². The summed E-state index contributed by atoms with van der Waals surface area (Å²) in [4.78, 5) is 31.4. The Morgan fingerprint density at radius 3 is 2.68 bits per heavy atom. The first-order chi connectivity index (χ1) is 13.5. The summed E-state index contributed by atoms with van der Waals surface area (Å²) in [5.41, 5.74) is 2.12. The van der Waals surface area contributed by atoms with Gasteiger partial charge in [-0.15, -0.1) is 0 Å². The molecule has 7 nitrogen and oxygen atoms in total. The van der Waals surface area contributed by atoms with E-state index in [0.29, 0.717) is 6.54 Å². The molecular weight excluding hydrogens is 354 g/mol. The van der Waals surface area contributed by atoms with Crippen molar-refractivity contribution >= 4 is 11.8 Å². The first kappa shape index (κ1) is 20.1. The van der Waals surface area contributed by atoms with Gasteiger partial charge in [0.15, 0.2) is 0 Å². The average molecular weight is 383 g/mol. The summed E-state index contributed by atoms with van der Waals surface area (Å²) in [7, 11) is 1.72. The molecule has 3 rings (SSSR count). The van der Waals surface area contributed by atoms with Crippen molar-refractivity contribution in [3.63, 3.8) is 0 Å². The van der Waals surface area contributed by atoms with Gasteiger partial charge >= 0.3 is 0 Å². The summed E-state index contributed by atoms with van der Waals surface area (Å²) in [6.45, 7) is 4.95. The fourth-order valence-electron chi connectivity index (χ4n) is 3.55. The van der Waals surface area contributed by atoms with Gasteiger partial charge in [-0.05, 0) is 39.3 Å². The Kier molecular flexibility index (Phi) is 6.46. The van der Waals surface area contributed by atoms with E-state index in [9.17, 15) is 9.59 Å². The highest BCUT2D eigenvalue weighted by Gasteiger charge is 2.34. The molecule has 0 unspecified atom stereocenters. The normalized spacial score (nSPS) is 18.7. The molecular formula is C21H29N5O2. The lowest BCUT2D eigenvalue weighted by atomic mass is 10.1. The lowest BCUT2D eigenvalue weighted by molar-refractivity contribution is -0.137. The van der Waals surface area contributed by atoms with Crippen LogP contribution in [0, 0.1) is 0 Å². The second kappa shape index (κ2) is 9.01. The van der Waals surface area contributed by atoms with E-state index >= 15 is 0 Å². The summed E-state index contributed by atoms with van der Waals surface area (Å²) >= 11 is 0. The standard InChI is InChI=1S/C21H29N5O2/c1-15(22-3)20(27)24-16(2)21(28)26-11-7-10-19(26)18-13-25(14-23-18)12-17-8-5-4-6-9-17/h4-6,8-9,13-16,19,22H,7,10-12H2,1-3H3,(H,24,27)/t15-,16-,19-/m0/s1. The number of carbonyl (C=O) groups excluding carboxylic acids is 2. The first-order valence-electron chi connectivity index (χ1n) is 9.83. The van der Waals surface area contributed by atoms with Crippen molar-refractivity contribution in [1.29, 1.82) is 0 Å². The SMILES string of the molecule is CN[C@@H](C)C(=O)N[C@@H](C)C(=O)N1CCC[C@H]1c1cn(Cc2ccccc2)cn1. The van der Waals surface area contributed by atoms with Gasteiger partial charge in [0, 0.05) is 19.3 Å². The zero-order chi connectivity index (χ0) is 20.1. The van der Waals surface area contributed by atoms with Crippen LogP contribution >= 0.6 is 0 Å². The molecule has 0 aliphatic carbocycles. The Bertz CT molecular complexity index is 804. The number of amides is 2. The summed E-state index contributed by atoms with van der Waals surface area (Å²) in [6, 6.07) is 9.29. The van der Waals surface area contributed by atoms with Crippen LogP contribution in [0.15, 0.2) is 42.9 Å². The van der Waals surface area contributed by atoms with Gasteiger partial charge in [0.2, 0.25) is 11.8 Å². The molecule has 2 amide bonds. The van der Waals surface area contributed by atoms with Gasteiger partial charge in [0.1, 0.15) is 6.04 Å². The van der Waals surface area contributed by atoms with E-state index in [1.165, 1.54) is 5.56 Å². The second-order valence-corrected chi connectivity index (χ2v) is 7.39. The summed E-state index contributed by atoms with van der Waals surface area (Å²) < 4.78 is 2.05. The van der Waals surface area contributed by atoms with Crippen molar-refractivity contribution in [1.82, 2.24) is 25.1 Å². The fraction of sp³-hybridized carbons (Fsp3) is 0.476. The minimum absolute atomic E-state index is 0.0365. The summed E-state index contributed by atoms with van der Waals surface area (Å²) in [6.07, 6.45) is 5.68. The van der Waals surface area contributed by atoms with Crippen LogP contribution in [0.1, 0.15) is 44.0 Å². The van der Waals surface area contributed by atoms with Gasteiger partial charge in [0.25, 0.3) is 0 Å². The van der Waals surface area contributed by atoms with E-state index in [1.54, 1.807) is 20.9 Å². The first-order valence-corrected chi connectivity index (χ1v) is 9.83. The number of imidazole rings is 1. The minimum Gasteiger partial charge on any atom is -0.343 e. The quantitative estimate of drug-likeness (QED) is 0.763. The van der Waals surface area contributed by atoms with E-state index in [2.05, 4.69) is 27.8 Å². The maximum atomic E-state index is 12.9. The minimum atomic E-state index is -0.560. The number of likely N-dealkylation sites (N-methyl/N-ethyl adjacent to an activating group) is 1. The highest BCUT2D eigenvalue weighted by molar-refractivity contribution is 5.89. The van der Waals surface area contributed by atoms with Crippen molar-refractivity contribution in [2.24, 2.45) is 0 Å². The molecule has 1 saturated heterocycles. The third kappa shape index (κ3) is 4.59. The van der Waals surface area contributed by atoms with Gasteiger partial charge in [-0.25, -0.2) is 4.98 Å². The van der Waals surface area contributed by atoms with Crippen molar-refractivity contribution in [2.75, 3.05) is 13.6 Å². The number of benzene rings is 1. The van der Waals surface area contributed by atoms with E-state index in [-0.39, 0.29) is 23.9 Å². The molecule has 28 heavy (non-hydrogen) atoms. The molecule has 2 heterocycles. The number of nitrogens with zero attached hydrogens (tertiary/aromatic N) is 3. The van der Waals surface area contributed by atoms with Crippen molar-refractivity contribution in [3.8, 4) is 0 Å². The van der Waals surface area contributed by atoms with Crippen LogP contribution in [0.25, 0.3) is 0 Å². The van der Waals surface area contributed by atoms with Crippen LogP contribution in [-0.4, -0.2) is 51.9 Å². The Balaban J connectivity index is 1.66. The number of carbonyl (C=O) groups is 2. The molecule has 3 atom stereocenters. The lowest BCUT2D eigenvalue weighted by Crippen LogP contribution is -2.51. The van der Waals surface area contributed by atoms with Crippen LogP contribution in [-0.2, 0) is 16.1 Å². The van der Waals surface area contributed by atoms with Crippen LogP contribution in [0.4, 0.5) is 0 Å². The van der Waals surface area contributed by atoms with Crippen molar-refractivity contribution in [3.05, 3.63) is 54.1 Å². The maximum Gasteiger partial charge on any atom is 0.245 e. The third-order valence-electron chi connectivity index (χ3n) is 5.29. The fourth-order valence-corrected chi connectivity index (χ4v) is 3.55. The Morgan fingerprint density at radius 2 is 1.96 bits per heavy atom. The zero-order valence-corrected chi connectivity index (χ0v) is 16.8. The molecule has 2 aromatic rings. The Hall–Kier alpha value is -2.67. The predicted octanol–water partition coefficient (Wildman–Crippen LogP) is 1.71. The second-order valence-electron chi connectivity index (χ2n) is 7.39. The lowest BCUT2D eigenvalue weighted by Gasteiger charge is -2.27. The Morgan fingerprint density at radius 1 is 1.21 bits per heavy atom. The molecule has 2 N–H and O–H groups in total. The van der Waals surface area contributed by atoms with Gasteiger partial charge in [0.05, 0.1) is 24.1 Å². The molecule has 150 valence electrons. The number of rotatable bonds is 7. The molecule has 0 radical (unpaired) electrons. The zero-order valence-electron chi connectivity index (χ0n) is 16.8. The van der Waals surface area contributed by atoms with Crippen LogP contribution in [0.2, 0.25) is 0 Å². The highest BCUT2D eigenvalue weighted by Crippen LogP contribution is 2.31.